The molecule has 0 spiro atoms. The fraction of sp³-hybridized carbons (Fsp3) is 0.375. The lowest BCUT2D eigenvalue weighted by Crippen LogP contribution is -2.36. The Kier molecular flexibility index (Phi) is 6.77. The number of aromatic nitrogens is 3. The summed E-state index contributed by atoms with van der Waals surface area (Å²) in [4.78, 5) is 21.4. The molecule has 4 rings (SSSR count). The van der Waals surface area contributed by atoms with Gasteiger partial charge in [-0.1, -0.05) is 29.8 Å². The highest BCUT2D eigenvalue weighted by molar-refractivity contribution is 6.31. The summed E-state index contributed by atoms with van der Waals surface area (Å²) in [6.07, 6.45) is 1.66. The van der Waals surface area contributed by atoms with Crippen LogP contribution in [0.25, 0.3) is 0 Å². The number of aryl methyl sites for hydroxylation is 1. The zero-order valence-electron chi connectivity index (χ0n) is 18.7. The Hall–Kier alpha value is -2.90. The van der Waals surface area contributed by atoms with E-state index in [2.05, 4.69) is 15.0 Å². The van der Waals surface area contributed by atoms with Crippen LogP contribution in [0.5, 0.6) is 0 Å². The van der Waals surface area contributed by atoms with E-state index in [1.807, 2.05) is 62.0 Å². The third kappa shape index (κ3) is 4.79. The van der Waals surface area contributed by atoms with Gasteiger partial charge < -0.3 is 14.5 Å². The van der Waals surface area contributed by atoms with Crippen LogP contribution >= 0.6 is 11.6 Å². The third-order valence-corrected chi connectivity index (χ3v) is 6.25. The minimum atomic E-state index is -0.0660. The number of halogens is 1. The summed E-state index contributed by atoms with van der Waals surface area (Å²) in [5.74, 6) is 0.809. The van der Waals surface area contributed by atoms with Crippen LogP contribution in [0, 0.1) is 13.8 Å². The Balaban J connectivity index is 1.45. The maximum absolute atomic E-state index is 13.0. The van der Waals surface area contributed by atoms with Gasteiger partial charge in [0.1, 0.15) is 5.82 Å². The van der Waals surface area contributed by atoms with Crippen molar-refractivity contribution in [2.45, 2.75) is 26.9 Å². The van der Waals surface area contributed by atoms with Gasteiger partial charge in [-0.15, -0.1) is 0 Å². The summed E-state index contributed by atoms with van der Waals surface area (Å²) in [5, 5.41) is 5.41. The van der Waals surface area contributed by atoms with Gasteiger partial charge in [0.05, 0.1) is 31.0 Å². The Morgan fingerprint density at radius 2 is 1.91 bits per heavy atom. The number of ether oxygens (including phenoxy) is 1. The number of nitrogens with zero attached hydrogens (tertiary/aromatic N) is 5. The number of pyridine rings is 1. The first-order valence-corrected chi connectivity index (χ1v) is 11.1. The second-order valence-corrected chi connectivity index (χ2v) is 8.47. The number of carbonyl (C=O) groups is 1. The molecular weight excluding hydrogens is 426 g/mol. The highest BCUT2D eigenvalue weighted by Crippen LogP contribution is 2.21. The number of rotatable bonds is 6. The van der Waals surface area contributed by atoms with Crippen molar-refractivity contribution < 1.29 is 9.53 Å². The molecule has 0 radical (unpaired) electrons. The van der Waals surface area contributed by atoms with E-state index in [1.165, 1.54) is 0 Å². The van der Waals surface area contributed by atoms with Crippen molar-refractivity contribution in [1.29, 1.82) is 0 Å². The molecule has 168 valence electrons. The van der Waals surface area contributed by atoms with Gasteiger partial charge in [-0.2, -0.15) is 5.10 Å². The number of carbonyl (C=O) groups excluding carboxylic acids is 1. The van der Waals surface area contributed by atoms with Gasteiger partial charge in [0.2, 0.25) is 0 Å². The van der Waals surface area contributed by atoms with Crippen molar-refractivity contribution in [3.63, 3.8) is 0 Å². The Labute approximate surface area is 193 Å². The molecule has 1 aliphatic rings. The van der Waals surface area contributed by atoms with Crippen LogP contribution in [0.15, 0.2) is 42.6 Å². The van der Waals surface area contributed by atoms with Gasteiger partial charge in [0.25, 0.3) is 5.91 Å². The molecule has 0 aliphatic carbocycles. The molecule has 32 heavy (non-hydrogen) atoms. The minimum absolute atomic E-state index is 0.0660. The van der Waals surface area contributed by atoms with Crippen LogP contribution in [0.4, 0.5) is 5.82 Å². The Morgan fingerprint density at radius 3 is 2.59 bits per heavy atom. The monoisotopic (exact) mass is 453 g/mol. The number of anilines is 1. The topological polar surface area (TPSA) is 63.5 Å². The van der Waals surface area contributed by atoms with E-state index in [-0.39, 0.29) is 5.91 Å². The molecule has 0 atom stereocenters. The molecule has 1 aliphatic heterocycles. The second kappa shape index (κ2) is 9.71. The highest BCUT2D eigenvalue weighted by atomic mass is 35.5. The Bertz CT molecular complexity index is 1090. The maximum Gasteiger partial charge on any atom is 0.255 e. The second-order valence-electron chi connectivity index (χ2n) is 8.06. The van der Waals surface area contributed by atoms with Crippen molar-refractivity contribution in [1.82, 2.24) is 19.7 Å². The molecule has 0 bridgehead atoms. The van der Waals surface area contributed by atoms with Crippen LogP contribution in [0.1, 0.15) is 32.9 Å². The molecule has 3 aromatic rings. The molecule has 0 unspecified atom stereocenters. The number of morpholine rings is 1. The summed E-state index contributed by atoms with van der Waals surface area (Å²) >= 11 is 6.32. The third-order valence-electron chi connectivity index (χ3n) is 5.88. The largest absolute Gasteiger partial charge is 0.378 e. The summed E-state index contributed by atoms with van der Waals surface area (Å²) in [5.41, 5.74) is 4.58. The zero-order chi connectivity index (χ0) is 22.7. The van der Waals surface area contributed by atoms with Crippen LogP contribution in [-0.2, 0) is 17.8 Å². The highest BCUT2D eigenvalue weighted by Gasteiger charge is 2.19. The average molecular weight is 454 g/mol. The predicted molar refractivity (Wildman–Crippen MR) is 125 cm³/mol. The first-order valence-electron chi connectivity index (χ1n) is 10.7. The standard InChI is InChI=1S/C24H28ClN5O2/c1-17-21(18(2)30(27-17)15-20-6-4-5-7-22(20)25)16-28(3)24(31)19-8-9-23(26-14-19)29-10-12-32-13-11-29/h4-9,14H,10-13,15-16H2,1-3H3. The quantitative estimate of drug-likeness (QED) is 0.569. The fourth-order valence-electron chi connectivity index (χ4n) is 3.93. The summed E-state index contributed by atoms with van der Waals surface area (Å²) in [6, 6.07) is 11.5. The molecule has 1 saturated heterocycles. The molecule has 2 aromatic heterocycles. The fourth-order valence-corrected chi connectivity index (χ4v) is 4.12. The molecule has 7 nitrogen and oxygen atoms in total. The number of hydrogen-bond donors (Lipinski definition) is 0. The SMILES string of the molecule is Cc1nn(Cc2ccccc2Cl)c(C)c1CN(C)C(=O)c1ccc(N2CCOCC2)nc1. The molecule has 8 heteroatoms. The van der Waals surface area contributed by atoms with Gasteiger partial charge >= 0.3 is 0 Å². The summed E-state index contributed by atoms with van der Waals surface area (Å²) < 4.78 is 7.33. The van der Waals surface area contributed by atoms with Crippen molar-refractivity contribution in [3.05, 3.63) is 75.7 Å². The zero-order valence-corrected chi connectivity index (χ0v) is 19.5. The first kappa shape index (κ1) is 22.3. The van der Waals surface area contributed by atoms with E-state index in [1.54, 1.807) is 11.1 Å². The van der Waals surface area contributed by atoms with E-state index < -0.39 is 0 Å². The molecule has 3 heterocycles. The summed E-state index contributed by atoms with van der Waals surface area (Å²) in [7, 11) is 1.81. The van der Waals surface area contributed by atoms with Gasteiger partial charge in [0, 0.05) is 49.2 Å². The number of hydrogen-bond acceptors (Lipinski definition) is 5. The van der Waals surface area contributed by atoms with Gasteiger partial charge in [-0.25, -0.2) is 4.98 Å². The number of amides is 1. The van der Waals surface area contributed by atoms with E-state index in [9.17, 15) is 4.79 Å². The molecule has 1 aromatic carbocycles. The van der Waals surface area contributed by atoms with Crippen LogP contribution < -0.4 is 4.90 Å². The normalized spacial score (nSPS) is 13.9. The van der Waals surface area contributed by atoms with Gasteiger partial charge in [-0.3, -0.25) is 9.48 Å². The molecule has 0 N–H and O–H groups in total. The van der Waals surface area contributed by atoms with E-state index >= 15 is 0 Å². The Morgan fingerprint density at radius 1 is 1.16 bits per heavy atom. The molecular formula is C24H28ClN5O2. The van der Waals surface area contributed by atoms with E-state index in [4.69, 9.17) is 16.3 Å². The lowest BCUT2D eigenvalue weighted by atomic mass is 10.1. The van der Waals surface area contributed by atoms with Crippen LogP contribution in [0.2, 0.25) is 5.02 Å². The van der Waals surface area contributed by atoms with Crippen LogP contribution in [-0.4, -0.2) is 58.9 Å². The van der Waals surface area contributed by atoms with Gasteiger partial charge in [-0.05, 0) is 37.6 Å². The van der Waals surface area contributed by atoms with Crippen LogP contribution in [0.3, 0.4) is 0 Å². The smallest absolute Gasteiger partial charge is 0.255 e. The van der Waals surface area contributed by atoms with Gasteiger partial charge in [0.15, 0.2) is 0 Å². The minimum Gasteiger partial charge on any atom is -0.378 e. The average Bonchev–Trinajstić information content (AvgIpc) is 3.08. The lowest BCUT2D eigenvalue weighted by molar-refractivity contribution is 0.0784. The number of benzene rings is 1. The maximum atomic E-state index is 13.0. The van der Waals surface area contributed by atoms with Crippen molar-refractivity contribution in [3.8, 4) is 0 Å². The van der Waals surface area contributed by atoms with Crippen molar-refractivity contribution in [2.24, 2.45) is 0 Å². The molecule has 1 fully saturated rings. The van der Waals surface area contributed by atoms with Crippen molar-refractivity contribution in [2.75, 3.05) is 38.3 Å². The van der Waals surface area contributed by atoms with E-state index in [0.29, 0.717) is 31.9 Å². The molecule has 0 saturated carbocycles. The summed E-state index contributed by atoms with van der Waals surface area (Å²) in [6.45, 7) is 8.11. The van der Waals surface area contributed by atoms with Crippen molar-refractivity contribution >= 4 is 23.3 Å². The first-order chi connectivity index (χ1) is 15.4. The molecule has 1 amide bonds. The lowest BCUT2D eigenvalue weighted by Gasteiger charge is -2.27. The predicted octanol–water partition coefficient (Wildman–Crippen LogP) is 3.71. The van der Waals surface area contributed by atoms with E-state index in [0.717, 1.165) is 46.4 Å².